The Morgan fingerprint density at radius 3 is 2.85 bits per heavy atom. The maximum absolute atomic E-state index is 13.1. The molecule has 2 aliphatic rings. The maximum atomic E-state index is 13.1. The van der Waals surface area contributed by atoms with Crippen LogP contribution in [0.5, 0.6) is 5.88 Å². The second-order valence-electron chi connectivity index (χ2n) is 7.05. The van der Waals surface area contributed by atoms with Crippen LogP contribution in [-0.4, -0.2) is 78.0 Å². The number of carbonyl (C=O) groups excluding carboxylic acids is 2. The van der Waals surface area contributed by atoms with Crippen molar-refractivity contribution in [3.05, 3.63) is 27.6 Å². The maximum Gasteiger partial charge on any atom is 0.352 e. The lowest BCUT2D eigenvalue weighted by Crippen LogP contribution is -2.80. The topological polar surface area (TPSA) is 192 Å². The summed E-state index contributed by atoms with van der Waals surface area (Å²) in [6.45, 7) is 1.81. The van der Waals surface area contributed by atoms with Gasteiger partial charge in [-0.05, 0) is 17.7 Å². The normalized spacial score (nSPS) is 21.6. The molecule has 34 heavy (non-hydrogen) atoms. The highest BCUT2D eigenvalue weighted by molar-refractivity contribution is 8.01. The zero-order chi connectivity index (χ0) is 24.6. The average molecular weight is 525 g/mol. The van der Waals surface area contributed by atoms with Crippen molar-refractivity contribution in [2.75, 3.05) is 18.6 Å². The third-order valence-corrected chi connectivity index (χ3v) is 8.45. The largest absolute Gasteiger partial charge is 0.490 e. The van der Waals surface area contributed by atoms with Gasteiger partial charge in [0.25, 0.3) is 17.5 Å². The van der Waals surface area contributed by atoms with Crippen LogP contribution >= 0.6 is 34.9 Å². The number of nitrogens with one attached hydrogen (secondary N) is 1. The molecule has 2 aromatic heterocycles. The molecule has 0 saturated carbocycles. The third-order valence-electron chi connectivity index (χ3n) is 5.01. The van der Waals surface area contributed by atoms with Crippen molar-refractivity contribution >= 4 is 52.6 Å². The van der Waals surface area contributed by atoms with Gasteiger partial charge in [0, 0.05) is 18.6 Å². The number of carbonyl (C=O) groups is 3. The molecule has 4 rings (SSSR count). The summed E-state index contributed by atoms with van der Waals surface area (Å²) in [7, 11) is 1.23. The average Bonchev–Trinajstić information content (AvgIpc) is 3.39. The Bertz CT molecular complexity index is 1250. The molecule has 2 atom stereocenters. The van der Waals surface area contributed by atoms with E-state index in [1.165, 1.54) is 42.0 Å². The zero-order valence-electron chi connectivity index (χ0n) is 17.6. The fourth-order valence-corrected chi connectivity index (χ4v) is 6.88. The first-order valence-corrected chi connectivity index (χ1v) is 12.3. The lowest BCUT2D eigenvalue weighted by molar-refractivity contribution is -0.192. The molecule has 13 nitrogen and oxygen atoms in total. The summed E-state index contributed by atoms with van der Waals surface area (Å²) in [5.41, 5.74) is -1.71. The number of carboxylic acid groups (broad SMARTS) is 1. The smallest absolute Gasteiger partial charge is 0.352 e. The summed E-state index contributed by atoms with van der Waals surface area (Å²) < 4.78 is 10.9. The second kappa shape index (κ2) is 9.25. The monoisotopic (exact) mass is 524 g/mol. The molecule has 0 aromatic carbocycles. The predicted octanol–water partition coefficient (Wildman–Crippen LogP) is 0.459. The van der Waals surface area contributed by atoms with Crippen molar-refractivity contribution in [1.82, 2.24) is 25.6 Å². The van der Waals surface area contributed by atoms with Gasteiger partial charge < -0.3 is 24.8 Å². The molecule has 0 bridgehead atoms. The minimum atomic E-state index is -1.80. The fraction of sp³-hybridized carbons (Fsp3) is 0.389. The van der Waals surface area contributed by atoms with E-state index in [4.69, 9.17) is 14.5 Å². The van der Waals surface area contributed by atoms with E-state index in [9.17, 15) is 24.6 Å². The quantitative estimate of drug-likeness (QED) is 0.245. The minimum Gasteiger partial charge on any atom is -0.490 e. The number of aryl methyl sites for hydroxylation is 1. The van der Waals surface area contributed by atoms with Crippen LogP contribution in [0.1, 0.15) is 16.3 Å². The van der Waals surface area contributed by atoms with Crippen molar-refractivity contribution in [2.45, 2.75) is 28.8 Å². The Balaban J connectivity index is 1.52. The van der Waals surface area contributed by atoms with Crippen molar-refractivity contribution in [3.8, 4) is 11.9 Å². The van der Waals surface area contributed by atoms with Crippen LogP contribution in [0.2, 0.25) is 0 Å². The number of aliphatic carboxylic acids is 1. The van der Waals surface area contributed by atoms with Gasteiger partial charge in [0.05, 0.1) is 6.42 Å². The van der Waals surface area contributed by atoms with Crippen LogP contribution in [-0.2, 0) is 25.5 Å². The van der Waals surface area contributed by atoms with Crippen molar-refractivity contribution in [2.24, 2.45) is 0 Å². The molecular weight excluding hydrogens is 508 g/mol. The number of aromatic hydroxyl groups is 1. The van der Waals surface area contributed by atoms with Gasteiger partial charge in [-0.2, -0.15) is 5.26 Å². The number of carboxylic acids is 1. The van der Waals surface area contributed by atoms with Crippen LogP contribution in [0.25, 0.3) is 0 Å². The predicted molar refractivity (Wildman–Crippen MR) is 118 cm³/mol. The van der Waals surface area contributed by atoms with E-state index in [-0.39, 0.29) is 22.8 Å². The van der Waals surface area contributed by atoms with Gasteiger partial charge in [0.1, 0.15) is 22.1 Å². The number of rotatable bonds is 8. The first kappa shape index (κ1) is 24.0. The molecule has 0 spiro atoms. The Morgan fingerprint density at radius 1 is 1.47 bits per heavy atom. The zero-order valence-corrected chi connectivity index (χ0v) is 20.0. The molecule has 1 saturated heterocycles. The second-order valence-corrected chi connectivity index (χ2v) is 10.5. The summed E-state index contributed by atoms with van der Waals surface area (Å²) >= 11 is 3.96. The van der Waals surface area contributed by atoms with E-state index in [0.29, 0.717) is 15.7 Å². The van der Waals surface area contributed by atoms with Gasteiger partial charge in [0.2, 0.25) is 5.91 Å². The highest BCUT2D eigenvalue weighted by atomic mass is 32.2. The Hall–Kier alpha value is -3.13. The number of β-lactam (4-membered cyclic amide) rings is 1. The van der Waals surface area contributed by atoms with Gasteiger partial charge in [0.15, 0.2) is 15.7 Å². The number of amides is 2. The highest BCUT2D eigenvalue weighted by Crippen LogP contribution is 2.47. The van der Waals surface area contributed by atoms with Gasteiger partial charge >= 0.3 is 5.97 Å². The SMILES string of the molecule is CO[C@@]1(NC(=O)Cc2onc(O)c2C#N)C(=O)N2C(C(=O)O)=C(CSc3nnc(C)s3)CS[C@H]21. The van der Waals surface area contributed by atoms with Crippen LogP contribution in [0.15, 0.2) is 20.1 Å². The number of nitrogens with zero attached hydrogens (tertiary/aromatic N) is 5. The molecule has 1 fully saturated rings. The number of aromatic nitrogens is 3. The van der Waals surface area contributed by atoms with E-state index in [1.807, 2.05) is 6.92 Å². The highest BCUT2D eigenvalue weighted by Gasteiger charge is 2.66. The molecule has 3 N–H and O–H groups in total. The molecule has 0 aliphatic carbocycles. The molecule has 2 amide bonds. The molecular formula is C18H16N6O7S3. The molecule has 0 unspecified atom stereocenters. The van der Waals surface area contributed by atoms with E-state index in [0.717, 1.165) is 9.91 Å². The molecule has 0 radical (unpaired) electrons. The van der Waals surface area contributed by atoms with Crippen molar-refractivity contribution in [3.63, 3.8) is 0 Å². The van der Waals surface area contributed by atoms with E-state index in [1.54, 1.807) is 6.07 Å². The number of ether oxygens (including phenoxy) is 1. The van der Waals surface area contributed by atoms with Gasteiger partial charge in [-0.1, -0.05) is 23.1 Å². The Kier molecular flexibility index (Phi) is 6.53. The number of methoxy groups -OCH3 is 1. The molecule has 16 heteroatoms. The minimum absolute atomic E-state index is 0.156. The Morgan fingerprint density at radius 2 is 2.24 bits per heavy atom. The number of thioether (sulfide) groups is 2. The van der Waals surface area contributed by atoms with Crippen LogP contribution in [0.4, 0.5) is 0 Å². The van der Waals surface area contributed by atoms with E-state index in [2.05, 4.69) is 20.7 Å². The molecule has 4 heterocycles. The van der Waals surface area contributed by atoms with Crippen LogP contribution in [0, 0.1) is 18.3 Å². The van der Waals surface area contributed by atoms with E-state index >= 15 is 0 Å². The Labute approximate surface area is 204 Å². The van der Waals surface area contributed by atoms with E-state index < -0.39 is 41.2 Å². The van der Waals surface area contributed by atoms with Crippen LogP contribution in [0.3, 0.4) is 0 Å². The standard InChI is InChI=1S/C18H16N6O7S3/c1-7-21-22-17(34-7)33-6-8-5-32-16-18(30-2,15(29)24(16)12(8)14(27)28)20-11(25)3-10-9(4-19)13(26)23-31-10/h16H,3,5-6H2,1-2H3,(H,20,25)(H,23,26)(H,27,28)/t16-,18-/m0/s1. The van der Waals surface area contributed by atoms with Crippen LogP contribution < -0.4 is 5.32 Å². The van der Waals surface area contributed by atoms with Gasteiger partial charge in [-0.15, -0.1) is 22.0 Å². The van der Waals surface area contributed by atoms with Crippen molar-refractivity contribution in [1.29, 1.82) is 5.26 Å². The number of nitriles is 1. The van der Waals surface area contributed by atoms with Gasteiger partial charge in [-0.25, -0.2) is 4.79 Å². The summed E-state index contributed by atoms with van der Waals surface area (Å²) in [5.74, 6) is -2.99. The number of hydrogen-bond acceptors (Lipinski definition) is 13. The fourth-order valence-electron chi connectivity index (χ4n) is 3.48. The summed E-state index contributed by atoms with van der Waals surface area (Å²) in [5, 5.41) is 42.0. The molecule has 2 aromatic rings. The first-order valence-electron chi connectivity index (χ1n) is 9.49. The lowest BCUT2D eigenvalue weighted by atomic mass is 9.98. The lowest BCUT2D eigenvalue weighted by Gasteiger charge is -2.55. The summed E-state index contributed by atoms with van der Waals surface area (Å²) in [6, 6.07) is 1.68. The van der Waals surface area contributed by atoms with Crippen molar-refractivity contribution < 1.29 is 33.9 Å². The summed E-state index contributed by atoms with van der Waals surface area (Å²) in [6.07, 6.45) is -0.489. The first-order chi connectivity index (χ1) is 16.2. The van der Waals surface area contributed by atoms with Gasteiger partial charge in [-0.3, -0.25) is 14.5 Å². The number of hydrogen-bond donors (Lipinski definition) is 3. The molecule has 2 aliphatic heterocycles. The number of fused-ring (bicyclic) bond motifs is 1. The molecule has 178 valence electrons. The third kappa shape index (κ3) is 4.00. The summed E-state index contributed by atoms with van der Waals surface area (Å²) in [4.78, 5) is 38.9.